The van der Waals surface area contributed by atoms with Gasteiger partial charge in [0.1, 0.15) is 0 Å². The van der Waals surface area contributed by atoms with Crippen LogP contribution < -0.4 is 0 Å². The Bertz CT molecular complexity index is 1120. The van der Waals surface area contributed by atoms with E-state index in [4.69, 9.17) is 20.8 Å². The summed E-state index contributed by atoms with van der Waals surface area (Å²) in [5.74, 6) is -1.84. The highest BCUT2D eigenvalue weighted by Crippen LogP contribution is 2.34. The lowest BCUT2D eigenvalue weighted by Gasteiger charge is -2.35. The summed E-state index contributed by atoms with van der Waals surface area (Å²) in [6, 6.07) is 10.9. The second-order valence-electron chi connectivity index (χ2n) is 8.19. The van der Waals surface area contributed by atoms with Gasteiger partial charge < -0.3 is 9.15 Å². The SMILES string of the molecule is FC(F)(F)c1ccc(C2CN(CC(Cc3nnc(-c4ccc(Cl)cc4)o3)C(F)(F)F)CCO2)cc1. The summed E-state index contributed by atoms with van der Waals surface area (Å²) in [7, 11) is 0. The fourth-order valence-corrected chi connectivity index (χ4v) is 3.93. The normalized spacial score (nSPS) is 18.5. The van der Waals surface area contributed by atoms with Crippen molar-refractivity contribution in [2.75, 3.05) is 26.2 Å². The molecule has 35 heavy (non-hydrogen) atoms. The highest BCUT2D eigenvalue weighted by Gasteiger charge is 2.42. The first-order valence-corrected chi connectivity index (χ1v) is 11.0. The fraction of sp³-hybridized carbons (Fsp3) is 0.391. The summed E-state index contributed by atoms with van der Waals surface area (Å²) in [6.07, 6.45) is -10.1. The highest BCUT2D eigenvalue weighted by molar-refractivity contribution is 6.30. The van der Waals surface area contributed by atoms with Gasteiger partial charge in [0.15, 0.2) is 0 Å². The van der Waals surface area contributed by atoms with Gasteiger partial charge in [0, 0.05) is 36.6 Å². The Morgan fingerprint density at radius 2 is 1.66 bits per heavy atom. The van der Waals surface area contributed by atoms with Gasteiger partial charge in [0.25, 0.3) is 0 Å². The van der Waals surface area contributed by atoms with Crippen molar-refractivity contribution >= 4 is 11.6 Å². The van der Waals surface area contributed by atoms with Crippen LogP contribution in [-0.2, 0) is 17.3 Å². The molecule has 1 aromatic heterocycles. The Balaban J connectivity index is 1.43. The van der Waals surface area contributed by atoms with Crippen LogP contribution in [0.3, 0.4) is 0 Å². The van der Waals surface area contributed by atoms with E-state index >= 15 is 0 Å². The van der Waals surface area contributed by atoms with Crippen molar-refractivity contribution in [1.82, 2.24) is 15.1 Å². The smallest absolute Gasteiger partial charge is 0.416 e. The minimum atomic E-state index is -4.53. The molecular weight excluding hydrogens is 500 g/mol. The van der Waals surface area contributed by atoms with Gasteiger partial charge in [-0.3, -0.25) is 4.90 Å². The lowest BCUT2D eigenvalue weighted by atomic mass is 10.0. The molecule has 0 amide bonds. The molecule has 4 rings (SSSR count). The van der Waals surface area contributed by atoms with Gasteiger partial charge >= 0.3 is 12.4 Å². The van der Waals surface area contributed by atoms with E-state index in [2.05, 4.69) is 10.2 Å². The third-order valence-corrected chi connectivity index (χ3v) is 5.93. The van der Waals surface area contributed by atoms with E-state index in [1.54, 1.807) is 29.2 Å². The first-order chi connectivity index (χ1) is 16.5. The molecule has 1 saturated heterocycles. The van der Waals surface area contributed by atoms with Crippen molar-refractivity contribution in [3.63, 3.8) is 0 Å². The Morgan fingerprint density at radius 1 is 0.971 bits per heavy atom. The second kappa shape index (κ2) is 10.2. The molecule has 0 aliphatic carbocycles. The molecule has 0 radical (unpaired) electrons. The predicted molar refractivity (Wildman–Crippen MR) is 115 cm³/mol. The maximum atomic E-state index is 13.8. The van der Waals surface area contributed by atoms with E-state index in [0.29, 0.717) is 16.1 Å². The molecule has 2 atom stereocenters. The first kappa shape index (κ1) is 25.5. The van der Waals surface area contributed by atoms with Crippen LogP contribution in [0.25, 0.3) is 11.5 Å². The van der Waals surface area contributed by atoms with Crippen LogP contribution in [0.2, 0.25) is 5.02 Å². The zero-order chi connectivity index (χ0) is 25.2. The molecule has 12 heteroatoms. The number of rotatable bonds is 6. The third kappa shape index (κ3) is 6.53. The maximum absolute atomic E-state index is 13.8. The molecule has 0 N–H and O–H groups in total. The van der Waals surface area contributed by atoms with Crippen LogP contribution in [0.1, 0.15) is 23.1 Å². The van der Waals surface area contributed by atoms with E-state index in [9.17, 15) is 26.3 Å². The minimum absolute atomic E-state index is 0.0892. The van der Waals surface area contributed by atoms with Crippen molar-refractivity contribution in [3.8, 4) is 11.5 Å². The van der Waals surface area contributed by atoms with Crippen molar-refractivity contribution in [1.29, 1.82) is 0 Å². The number of benzene rings is 2. The summed E-state index contributed by atoms with van der Waals surface area (Å²) < 4.78 is 91.0. The molecule has 5 nitrogen and oxygen atoms in total. The zero-order valence-electron chi connectivity index (χ0n) is 18.1. The fourth-order valence-electron chi connectivity index (χ4n) is 3.81. The molecule has 1 aliphatic rings. The molecule has 1 fully saturated rings. The van der Waals surface area contributed by atoms with Crippen molar-refractivity contribution in [2.24, 2.45) is 5.92 Å². The number of hydrogen-bond acceptors (Lipinski definition) is 5. The van der Waals surface area contributed by atoms with Crippen LogP contribution >= 0.6 is 11.6 Å². The van der Waals surface area contributed by atoms with Gasteiger partial charge in [-0.1, -0.05) is 23.7 Å². The van der Waals surface area contributed by atoms with Gasteiger partial charge in [0.05, 0.1) is 24.2 Å². The highest BCUT2D eigenvalue weighted by atomic mass is 35.5. The first-order valence-electron chi connectivity index (χ1n) is 10.6. The molecule has 0 saturated carbocycles. The topological polar surface area (TPSA) is 51.4 Å². The van der Waals surface area contributed by atoms with Crippen LogP contribution in [0.15, 0.2) is 52.9 Å². The average Bonchev–Trinajstić information content (AvgIpc) is 3.27. The standard InChI is InChI=1S/C23H20ClF6N3O2/c24-18-7-3-15(4-8-18)21-32-31-20(35-21)11-17(23(28,29)30)12-33-9-10-34-19(13-33)14-1-5-16(6-2-14)22(25,26)27/h1-8,17,19H,9-13H2. The van der Waals surface area contributed by atoms with Crippen LogP contribution in [0, 0.1) is 5.92 Å². The number of ether oxygens (including phenoxy) is 1. The van der Waals surface area contributed by atoms with Gasteiger partial charge in [0.2, 0.25) is 11.8 Å². The van der Waals surface area contributed by atoms with E-state index in [1.807, 2.05) is 0 Å². The Kier molecular flexibility index (Phi) is 7.39. The predicted octanol–water partition coefficient (Wildman–Crippen LogP) is 6.20. The van der Waals surface area contributed by atoms with E-state index in [-0.39, 0.29) is 38.0 Å². The van der Waals surface area contributed by atoms with Crippen LogP contribution in [0.5, 0.6) is 0 Å². The Hall–Kier alpha value is -2.63. The number of alkyl halides is 6. The molecule has 2 aromatic carbocycles. The summed E-state index contributed by atoms with van der Waals surface area (Å²) in [4.78, 5) is 1.58. The molecule has 0 spiro atoms. The van der Waals surface area contributed by atoms with E-state index in [0.717, 1.165) is 12.1 Å². The van der Waals surface area contributed by atoms with Gasteiger partial charge in [-0.15, -0.1) is 10.2 Å². The van der Waals surface area contributed by atoms with E-state index in [1.165, 1.54) is 12.1 Å². The summed E-state index contributed by atoms with van der Waals surface area (Å²) in [5, 5.41) is 8.09. The number of aromatic nitrogens is 2. The van der Waals surface area contributed by atoms with Gasteiger partial charge in [-0.2, -0.15) is 26.3 Å². The van der Waals surface area contributed by atoms with Crippen LogP contribution in [0.4, 0.5) is 26.3 Å². The lowest BCUT2D eigenvalue weighted by molar-refractivity contribution is -0.183. The minimum Gasteiger partial charge on any atom is -0.421 e. The molecule has 188 valence electrons. The number of halogens is 7. The van der Waals surface area contributed by atoms with Crippen LogP contribution in [-0.4, -0.2) is 47.5 Å². The Morgan fingerprint density at radius 3 is 2.29 bits per heavy atom. The summed E-state index contributed by atoms with van der Waals surface area (Å²) >= 11 is 5.84. The molecule has 2 heterocycles. The largest absolute Gasteiger partial charge is 0.421 e. The number of nitrogens with zero attached hydrogens (tertiary/aromatic N) is 3. The Labute approximate surface area is 201 Å². The molecule has 0 bridgehead atoms. The van der Waals surface area contributed by atoms with Gasteiger partial charge in [-0.25, -0.2) is 0 Å². The quantitative estimate of drug-likeness (QED) is 0.363. The molecule has 3 aromatic rings. The monoisotopic (exact) mass is 519 g/mol. The second-order valence-corrected chi connectivity index (χ2v) is 8.63. The zero-order valence-corrected chi connectivity index (χ0v) is 18.9. The van der Waals surface area contributed by atoms with Crippen molar-refractivity contribution in [3.05, 3.63) is 70.6 Å². The number of hydrogen-bond donors (Lipinski definition) is 0. The van der Waals surface area contributed by atoms with Crippen molar-refractivity contribution in [2.45, 2.75) is 24.9 Å². The van der Waals surface area contributed by atoms with E-state index < -0.39 is 36.4 Å². The summed E-state index contributed by atoms with van der Waals surface area (Å²) in [6.45, 7) is 0.168. The van der Waals surface area contributed by atoms with Gasteiger partial charge in [-0.05, 0) is 42.0 Å². The molecule has 2 unspecified atom stereocenters. The lowest BCUT2D eigenvalue weighted by Crippen LogP contribution is -2.44. The molecule has 1 aliphatic heterocycles. The number of morpholine rings is 1. The third-order valence-electron chi connectivity index (χ3n) is 5.68. The molecular formula is C23H20ClF6N3O2. The average molecular weight is 520 g/mol. The summed E-state index contributed by atoms with van der Waals surface area (Å²) in [5.41, 5.74) is 0.198. The van der Waals surface area contributed by atoms with Crippen molar-refractivity contribution < 1.29 is 35.5 Å². The maximum Gasteiger partial charge on any atom is 0.416 e.